The number of hydrogen-bond acceptors (Lipinski definition) is 5. The van der Waals surface area contributed by atoms with Crippen LogP contribution in [0.4, 0.5) is 0 Å². The third kappa shape index (κ3) is 4.72. The first-order valence-electron chi connectivity index (χ1n) is 6.82. The number of aromatic hydroxyl groups is 1. The molecule has 0 heterocycles. The van der Waals surface area contributed by atoms with Gasteiger partial charge in [-0.1, -0.05) is 12.1 Å². The summed E-state index contributed by atoms with van der Waals surface area (Å²) < 4.78 is 5.34. The summed E-state index contributed by atoms with van der Waals surface area (Å²) in [6.45, 7) is 4.00. The molecule has 1 rings (SSSR count). The van der Waals surface area contributed by atoms with Crippen LogP contribution in [-0.2, 0) is 0 Å². The minimum absolute atomic E-state index is 0.0426. The summed E-state index contributed by atoms with van der Waals surface area (Å²) in [5.41, 5.74) is 0.559. The second kappa shape index (κ2) is 8.41. The zero-order valence-corrected chi connectivity index (χ0v) is 12.4. The molecule has 0 aliphatic carbocycles. The summed E-state index contributed by atoms with van der Waals surface area (Å²) in [6, 6.07) is 6.87. The largest absolute Gasteiger partial charge is 0.504 e. The first kappa shape index (κ1) is 16.3. The molecule has 0 aromatic heterocycles. The molecule has 0 radical (unpaired) electrons. The van der Waals surface area contributed by atoms with Gasteiger partial charge in [0.25, 0.3) is 0 Å². The van der Waals surface area contributed by atoms with E-state index >= 15 is 0 Å². The quantitative estimate of drug-likeness (QED) is 0.710. The smallest absolute Gasteiger partial charge is 0.163 e. The molecule has 5 nitrogen and oxygen atoms in total. The predicted octanol–water partition coefficient (Wildman–Crippen LogP) is 1.90. The van der Waals surface area contributed by atoms with Crippen molar-refractivity contribution < 1.29 is 9.84 Å². The number of rotatable bonds is 8. The number of phenolic OH excluding ortho intramolecular Hbond substituents is 1. The van der Waals surface area contributed by atoms with Crippen molar-refractivity contribution in [3.05, 3.63) is 23.8 Å². The van der Waals surface area contributed by atoms with E-state index in [9.17, 15) is 10.4 Å². The molecule has 1 aromatic rings. The van der Waals surface area contributed by atoms with E-state index < -0.39 is 6.04 Å². The summed E-state index contributed by atoms with van der Waals surface area (Å²) in [6.07, 6.45) is 0.942. The number of nitriles is 1. The van der Waals surface area contributed by atoms with E-state index in [1.165, 1.54) is 0 Å². The predicted molar refractivity (Wildman–Crippen MR) is 78.8 cm³/mol. The Labute approximate surface area is 120 Å². The number of para-hydroxylation sites is 1. The summed E-state index contributed by atoms with van der Waals surface area (Å²) >= 11 is 0. The molecular formula is C15H23N3O2. The standard InChI is InChI=1S/C15H23N3O2/c1-4-20-14-8-5-7-12(15(14)19)13(11-16)17-9-6-10-18(2)3/h5,7-8,13,17,19H,4,6,9-10H2,1-3H3. The van der Waals surface area contributed by atoms with E-state index in [1.807, 2.05) is 21.0 Å². The number of nitrogens with zero attached hydrogens (tertiary/aromatic N) is 2. The molecule has 0 aliphatic heterocycles. The van der Waals surface area contributed by atoms with E-state index in [0.717, 1.165) is 13.0 Å². The zero-order valence-electron chi connectivity index (χ0n) is 12.4. The lowest BCUT2D eigenvalue weighted by Crippen LogP contribution is -2.24. The van der Waals surface area contributed by atoms with Crippen LogP contribution in [0.15, 0.2) is 18.2 Å². The van der Waals surface area contributed by atoms with Crippen LogP contribution >= 0.6 is 0 Å². The Kier molecular flexibility index (Phi) is 6.85. The molecule has 110 valence electrons. The SMILES string of the molecule is CCOc1cccc(C(C#N)NCCCN(C)C)c1O. The minimum Gasteiger partial charge on any atom is -0.504 e. The van der Waals surface area contributed by atoms with Crippen molar-refractivity contribution in [3.8, 4) is 17.6 Å². The fourth-order valence-corrected chi connectivity index (χ4v) is 1.91. The second-order valence-electron chi connectivity index (χ2n) is 4.80. The van der Waals surface area contributed by atoms with Gasteiger partial charge in [-0.3, -0.25) is 5.32 Å². The molecule has 5 heteroatoms. The van der Waals surface area contributed by atoms with Crippen molar-refractivity contribution in [1.29, 1.82) is 5.26 Å². The van der Waals surface area contributed by atoms with Gasteiger partial charge in [-0.25, -0.2) is 0 Å². The van der Waals surface area contributed by atoms with Crippen LogP contribution in [0, 0.1) is 11.3 Å². The average molecular weight is 277 g/mol. The molecular weight excluding hydrogens is 254 g/mol. The molecule has 0 amide bonds. The molecule has 1 aromatic carbocycles. The van der Waals surface area contributed by atoms with Gasteiger partial charge in [0, 0.05) is 5.56 Å². The zero-order chi connectivity index (χ0) is 15.0. The lowest BCUT2D eigenvalue weighted by Gasteiger charge is -2.16. The van der Waals surface area contributed by atoms with Gasteiger partial charge in [0.15, 0.2) is 11.5 Å². The van der Waals surface area contributed by atoms with Crippen LogP contribution in [0.1, 0.15) is 24.9 Å². The van der Waals surface area contributed by atoms with Gasteiger partial charge in [-0.05, 0) is 46.6 Å². The molecule has 0 fully saturated rings. The first-order chi connectivity index (χ1) is 9.60. The summed E-state index contributed by atoms with van der Waals surface area (Å²) in [5.74, 6) is 0.460. The Bertz CT molecular complexity index is 455. The van der Waals surface area contributed by atoms with Gasteiger partial charge < -0.3 is 14.7 Å². The van der Waals surface area contributed by atoms with Gasteiger partial charge >= 0.3 is 0 Å². The van der Waals surface area contributed by atoms with Crippen LogP contribution in [0.25, 0.3) is 0 Å². The van der Waals surface area contributed by atoms with Crippen LogP contribution in [0.3, 0.4) is 0 Å². The highest BCUT2D eigenvalue weighted by Crippen LogP contribution is 2.33. The molecule has 0 saturated carbocycles. The molecule has 20 heavy (non-hydrogen) atoms. The molecule has 0 bridgehead atoms. The van der Waals surface area contributed by atoms with Crippen LogP contribution < -0.4 is 10.1 Å². The highest BCUT2D eigenvalue weighted by atomic mass is 16.5. The van der Waals surface area contributed by atoms with Gasteiger partial charge in [0.1, 0.15) is 6.04 Å². The van der Waals surface area contributed by atoms with E-state index in [-0.39, 0.29) is 5.75 Å². The van der Waals surface area contributed by atoms with Gasteiger partial charge in [-0.2, -0.15) is 5.26 Å². The molecule has 0 saturated heterocycles. The highest BCUT2D eigenvalue weighted by Gasteiger charge is 2.17. The lowest BCUT2D eigenvalue weighted by atomic mass is 10.1. The summed E-state index contributed by atoms with van der Waals surface area (Å²) in [7, 11) is 4.03. The normalized spacial score (nSPS) is 12.2. The Balaban J connectivity index is 2.70. The van der Waals surface area contributed by atoms with Gasteiger partial charge in [0.05, 0.1) is 12.7 Å². The van der Waals surface area contributed by atoms with E-state index in [1.54, 1.807) is 18.2 Å². The van der Waals surface area contributed by atoms with Crippen molar-refractivity contribution >= 4 is 0 Å². The van der Waals surface area contributed by atoms with Crippen molar-refractivity contribution in [3.63, 3.8) is 0 Å². The maximum Gasteiger partial charge on any atom is 0.163 e. The number of phenols is 1. The molecule has 2 N–H and O–H groups in total. The fourth-order valence-electron chi connectivity index (χ4n) is 1.91. The minimum atomic E-state index is -0.530. The number of nitrogens with one attached hydrogen (secondary N) is 1. The third-order valence-electron chi connectivity index (χ3n) is 2.90. The number of hydrogen-bond donors (Lipinski definition) is 2. The van der Waals surface area contributed by atoms with Gasteiger partial charge in [-0.15, -0.1) is 0 Å². The van der Waals surface area contributed by atoms with Crippen LogP contribution in [0.2, 0.25) is 0 Å². The summed E-state index contributed by atoms with van der Waals surface area (Å²) in [4.78, 5) is 2.09. The fraction of sp³-hybridized carbons (Fsp3) is 0.533. The van der Waals surface area contributed by atoms with Crippen molar-refractivity contribution in [2.45, 2.75) is 19.4 Å². The maximum absolute atomic E-state index is 10.1. The van der Waals surface area contributed by atoms with E-state index in [2.05, 4.69) is 16.3 Å². The maximum atomic E-state index is 10.1. The third-order valence-corrected chi connectivity index (χ3v) is 2.90. The average Bonchev–Trinajstić information content (AvgIpc) is 2.42. The van der Waals surface area contributed by atoms with Crippen molar-refractivity contribution in [1.82, 2.24) is 10.2 Å². The van der Waals surface area contributed by atoms with E-state index in [0.29, 0.717) is 24.5 Å². The second-order valence-corrected chi connectivity index (χ2v) is 4.80. The molecule has 1 atom stereocenters. The first-order valence-corrected chi connectivity index (χ1v) is 6.82. The molecule has 0 spiro atoms. The number of benzene rings is 1. The number of ether oxygens (including phenoxy) is 1. The Morgan fingerprint density at radius 1 is 1.45 bits per heavy atom. The Morgan fingerprint density at radius 3 is 2.80 bits per heavy atom. The Hall–Kier alpha value is -1.77. The van der Waals surface area contributed by atoms with Crippen molar-refractivity contribution in [2.75, 3.05) is 33.8 Å². The van der Waals surface area contributed by atoms with Crippen LogP contribution in [0.5, 0.6) is 11.5 Å². The lowest BCUT2D eigenvalue weighted by molar-refractivity contribution is 0.315. The Morgan fingerprint density at radius 2 is 2.20 bits per heavy atom. The van der Waals surface area contributed by atoms with Crippen LogP contribution in [-0.4, -0.2) is 43.8 Å². The monoisotopic (exact) mass is 277 g/mol. The van der Waals surface area contributed by atoms with E-state index in [4.69, 9.17) is 4.74 Å². The van der Waals surface area contributed by atoms with Gasteiger partial charge in [0.2, 0.25) is 0 Å². The van der Waals surface area contributed by atoms with Crippen molar-refractivity contribution in [2.24, 2.45) is 0 Å². The topological polar surface area (TPSA) is 68.5 Å². The molecule has 1 unspecified atom stereocenters. The highest BCUT2D eigenvalue weighted by molar-refractivity contribution is 5.48. The molecule has 0 aliphatic rings. The summed E-state index contributed by atoms with van der Waals surface area (Å²) in [5, 5.41) is 22.5.